The number of anilines is 1. The van der Waals surface area contributed by atoms with Crippen LogP contribution in [0.25, 0.3) is 0 Å². The minimum atomic E-state index is -0.303. The van der Waals surface area contributed by atoms with Gasteiger partial charge < -0.3 is 10.5 Å². The number of ether oxygens (including phenoxy) is 1. The van der Waals surface area contributed by atoms with Gasteiger partial charge in [-0.15, -0.1) is 0 Å². The van der Waals surface area contributed by atoms with E-state index in [0.29, 0.717) is 25.4 Å². The molecular weight excluding hydrogens is 400 g/mol. The standard InChI is InChI=1S/C13H9Br2ClFNO/c14-10-5-9(17)2-1-7(10)6-19-13-11(15)3-8(16)4-12(13)18/h1-5H,6,18H2. The van der Waals surface area contributed by atoms with Crippen LogP contribution < -0.4 is 10.5 Å². The number of hydrogen-bond donors (Lipinski definition) is 1. The van der Waals surface area contributed by atoms with Crippen LogP contribution in [0, 0.1) is 5.82 Å². The van der Waals surface area contributed by atoms with Crippen LogP contribution in [-0.4, -0.2) is 0 Å². The Morgan fingerprint density at radius 3 is 2.53 bits per heavy atom. The molecule has 0 saturated heterocycles. The summed E-state index contributed by atoms with van der Waals surface area (Å²) in [5.74, 6) is 0.212. The fourth-order valence-electron chi connectivity index (χ4n) is 1.52. The molecule has 0 atom stereocenters. The molecule has 0 bridgehead atoms. The summed E-state index contributed by atoms with van der Waals surface area (Å²) in [5, 5.41) is 0.527. The Hall–Kier alpha value is -0.780. The smallest absolute Gasteiger partial charge is 0.156 e. The first-order valence-electron chi connectivity index (χ1n) is 5.28. The molecule has 0 aliphatic heterocycles. The molecule has 0 unspecified atom stereocenters. The summed E-state index contributed by atoms with van der Waals surface area (Å²) in [4.78, 5) is 0. The maximum atomic E-state index is 13.0. The predicted octanol–water partition coefficient (Wildman–Crippen LogP) is 5.17. The van der Waals surface area contributed by atoms with E-state index in [1.54, 1.807) is 18.2 Å². The quantitative estimate of drug-likeness (QED) is 0.711. The van der Waals surface area contributed by atoms with Gasteiger partial charge in [0.15, 0.2) is 5.75 Å². The van der Waals surface area contributed by atoms with Gasteiger partial charge in [-0.2, -0.15) is 0 Å². The van der Waals surface area contributed by atoms with Crippen molar-refractivity contribution in [1.29, 1.82) is 0 Å². The Kier molecular flexibility index (Phi) is 4.71. The lowest BCUT2D eigenvalue weighted by molar-refractivity contribution is 0.305. The fraction of sp³-hybridized carbons (Fsp3) is 0.0769. The van der Waals surface area contributed by atoms with E-state index in [1.807, 2.05) is 0 Å². The lowest BCUT2D eigenvalue weighted by Crippen LogP contribution is -2.00. The highest BCUT2D eigenvalue weighted by molar-refractivity contribution is 9.10. The van der Waals surface area contributed by atoms with Crippen molar-refractivity contribution in [2.75, 3.05) is 5.73 Å². The van der Waals surface area contributed by atoms with E-state index in [-0.39, 0.29) is 12.4 Å². The first-order chi connectivity index (χ1) is 8.97. The van der Waals surface area contributed by atoms with Crippen molar-refractivity contribution in [2.45, 2.75) is 6.61 Å². The van der Waals surface area contributed by atoms with Crippen LogP contribution in [0.2, 0.25) is 5.02 Å². The summed E-state index contributed by atoms with van der Waals surface area (Å²) < 4.78 is 19.9. The molecule has 0 spiro atoms. The van der Waals surface area contributed by atoms with Crippen LogP contribution in [0.5, 0.6) is 5.75 Å². The van der Waals surface area contributed by atoms with Crippen LogP contribution in [0.15, 0.2) is 39.3 Å². The van der Waals surface area contributed by atoms with Gasteiger partial charge >= 0.3 is 0 Å². The molecule has 0 saturated carbocycles. The van der Waals surface area contributed by atoms with E-state index < -0.39 is 0 Å². The summed E-state index contributed by atoms with van der Waals surface area (Å²) >= 11 is 12.5. The topological polar surface area (TPSA) is 35.2 Å². The van der Waals surface area contributed by atoms with Gasteiger partial charge in [-0.1, -0.05) is 33.6 Å². The molecule has 0 aliphatic rings. The highest BCUT2D eigenvalue weighted by Crippen LogP contribution is 2.35. The van der Waals surface area contributed by atoms with Gasteiger partial charge in [-0.05, 0) is 40.2 Å². The first-order valence-corrected chi connectivity index (χ1v) is 7.25. The van der Waals surface area contributed by atoms with Crippen molar-refractivity contribution in [3.8, 4) is 5.75 Å². The minimum absolute atomic E-state index is 0.269. The second kappa shape index (κ2) is 6.11. The molecule has 0 aliphatic carbocycles. The van der Waals surface area contributed by atoms with Gasteiger partial charge in [-0.25, -0.2) is 4.39 Å². The lowest BCUT2D eigenvalue weighted by atomic mass is 10.2. The van der Waals surface area contributed by atoms with Gasteiger partial charge in [0, 0.05) is 15.1 Å². The Bertz CT molecular complexity index is 599. The number of halogens is 4. The molecule has 2 aromatic carbocycles. The number of hydrogen-bond acceptors (Lipinski definition) is 2. The van der Waals surface area contributed by atoms with E-state index >= 15 is 0 Å². The van der Waals surface area contributed by atoms with Gasteiger partial charge in [0.1, 0.15) is 12.4 Å². The SMILES string of the molecule is Nc1cc(Cl)cc(Br)c1OCc1ccc(F)cc1Br. The van der Waals surface area contributed by atoms with E-state index in [4.69, 9.17) is 22.1 Å². The van der Waals surface area contributed by atoms with Crippen molar-refractivity contribution in [3.05, 3.63) is 55.7 Å². The second-order valence-electron chi connectivity index (χ2n) is 3.83. The van der Waals surface area contributed by atoms with E-state index in [1.165, 1.54) is 12.1 Å². The largest absolute Gasteiger partial charge is 0.486 e. The maximum absolute atomic E-state index is 13.0. The first kappa shape index (κ1) is 14.6. The molecular formula is C13H9Br2ClFNO. The molecule has 2 rings (SSSR count). The predicted molar refractivity (Wildman–Crippen MR) is 82.0 cm³/mol. The average Bonchev–Trinajstić information content (AvgIpc) is 2.30. The molecule has 0 aromatic heterocycles. The van der Waals surface area contributed by atoms with Gasteiger partial charge in [0.25, 0.3) is 0 Å². The molecule has 2 N–H and O–H groups in total. The minimum Gasteiger partial charge on any atom is -0.486 e. The average molecular weight is 409 g/mol. The highest BCUT2D eigenvalue weighted by atomic mass is 79.9. The summed E-state index contributed by atoms with van der Waals surface area (Å²) in [5.41, 5.74) is 7.10. The fourth-order valence-corrected chi connectivity index (χ4v) is 2.93. The zero-order valence-electron chi connectivity index (χ0n) is 9.59. The zero-order chi connectivity index (χ0) is 14.0. The summed E-state index contributed by atoms with van der Waals surface area (Å²) in [6.45, 7) is 0.269. The summed E-state index contributed by atoms with van der Waals surface area (Å²) in [6, 6.07) is 7.73. The molecule has 0 heterocycles. The Morgan fingerprint density at radius 2 is 1.89 bits per heavy atom. The zero-order valence-corrected chi connectivity index (χ0v) is 13.5. The van der Waals surface area contributed by atoms with E-state index in [0.717, 1.165) is 5.56 Å². The van der Waals surface area contributed by atoms with Crippen molar-refractivity contribution in [3.63, 3.8) is 0 Å². The molecule has 2 aromatic rings. The molecule has 100 valence electrons. The second-order valence-corrected chi connectivity index (χ2v) is 5.98. The van der Waals surface area contributed by atoms with Crippen LogP contribution >= 0.6 is 43.5 Å². The van der Waals surface area contributed by atoms with Crippen molar-refractivity contribution in [1.82, 2.24) is 0 Å². The monoisotopic (exact) mass is 407 g/mol. The molecule has 0 fully saturated rings. The van der Waals surface area contributed by atoms with Gasteiger partial charge in [-0.3, -0.25) is 0 Å². The van der Waals surface area contributed by atoms with Gasteiger partial charge in [0.2, 0.25) is 0 Å². The van der Waals surface area contributed by atoms with Crippen LogP contribution in [0.3, 0.4) is 0 Å². The Labute approximate surface area is 132 Å². The number of benzene rings is 2. The number of rotatable bonds is 3. The van der Waals surface area contributed by atoms with Crippen LogP contribution in [0.4, 0.5) is 10.1 Å². The third kappa shape index (κ3) is 3.61. The van der Waals surface area contributed by atoms with Crippen LogP contribution in [0.1, 0.15) is 5.56 Å². The maximum Gasteiger partial charge on any atom is 0.156 e. The van der Waals surface area contributed by atoms with Crippen molar-refractivity contribution >= 4 is 49.1 Å². The van der Waals surface area contributed by atoms with Crippen molar-refractivity contribution in [2.24, 2.45) is 0 Å². The van der Waals surface area contributed by atoms with Crippen molar-refractivity contribution < 1.29 is 9.13 Å². The third-order valence-corrected chi connectivity index (χ3v) is 3.97. The molecule has 19 heavy (non-hydrogen) atoms. The Balaban J connectivity index is 2.19. The Morgan fingerprint density at radius 1 is 1.16 bits per heavy atom. The molecule has 2 nitrogen and oxygen atoms in total. The van der Waals surface area contributed by atoms with E-state index in [2.05, 4.69) is 31.9 Å². The molecule has 0 amide bonds. The van der Waals surface area contributed by atoms with E-state index in [9.17, 15) is 4.39 Å². The summed E-state index contributed by atoms with van der Waals surface area (Å²) in [6.07, 6.45) is 0. The molecule has 0 radical (unpaired) electrons. The number of nitrogens with two attached hydrogens (primary N) is 1. The lowest BCUT2D eigenvalue weighted by Gasteiger charge is -2.12. The summed E-state index contributed by atoms with van der Waals surface area (Å²) in [7, 11) is 0. The van der Waals surface area contributed by atoms with Crippen LogP contribution in [-0.2, 0) is 6.61 Å². The normalized spacial score (nSPS) is 10.5. The highest BCUT2D eigenvalue weighted by Gasteiger charge is 2.09. The third-order valence-electron chi connectivity index (χ3n) is 2.42. The molecule has 6 heteroatoms. The number of nitrogen functional groups attached to an aromatic ring is 1. The van der Waals surface area contributed by atoms with Gasteiger partial charge in [0.05, 0.1) is 10.2 Å².